The van der Waals surface area contributed by atoms with Gasteiger partial charge in [-0.15, -0.1) is 5.10 Å². The molecule has 0 aromatic carbocycles. The molecule has 4 heterocycles. The maximum atomic E-state index is 12.4. The fraction of sp³-hybridized carbons (Fsp3) is 0.812. The molecule has 3 saturated heterocycles. The number of amides is 1. The van der Waals surface area contributed by atoms with Gasteiger partial charge >= 0.3 is 0 Å². The number of carbonyl (C=O) groups excluding carboxylic acids is 1. The number of aromatic nitrogens is 3. The molecule has 0 aliphatic carbocycles. The minimum atomic E-state index is 0.193. The lowest BCUT2D eigenvalue weighted by Gasteiger charge is -2.46. The lowest BCUT2D eigenvalue weighted by molar-refractivity contribution is -0.945. The van der Waals surface area contributed by atoms with E-state index < -0.39 is 0 Å². The summed E-state index contributed by atoms with van der Waals surface area (Å²) >= 11 is 0. The van der Waals surface area contributed by atoms with Gasteiger partial charge in [-0.05, 0) is 19.8 Å². The molecule has 128 valence electrons. The summed E-state index contributed by atoms with van der Waals surface area (Å²) in [7, 11) is 2.04. The number of nitrogens with zero attached hydrogens (tertiary/aromatic N) is 3. The molecule has 4 rings (SSSR count). The van der Waals surface area contributed by atoms with Crippen LogP contribution in [0.4, 0.5) is 0 Å². The molecule has 3 aliphatic rings. The van der Waals surface area contributed by atoms with Crippen molar-refractivity contribution in [3.8, 4) is 0 Å². The molecule has 7 nitrogen and oxygen atoms in total. The maximum absolute atomic E-state index is 12.4. The Hall–Kier alpha value is -1.47. The van der Waals surface area contributed by atoms with Crippen LogP contribution in [0.25, 0.3) is 0 Å². The van der Waals surface area contributed by atoms with Gasteiger partial charge < -0.3 is 15.5 Å². The van der Waals surface area contributed by atoms with Gasteiger partial charge in [0.2, 0.25) is 5.91 Å². The van der Waals surface area contributed by atoms with E-state index in [-0.39, 0.29) is 17.9 Å². The van der Waals surface area contributed by atoms with E-state index in [1.165, 1.54) is 13.0 Å². The number of nitrogens with one attached hydrogen (secondary N) is 2. The molecule has 1 aromatic heterocycles. The molecule has 0 spiro atoms. The highest BCUT2D eigenvalue weighted by Crippen LogP contribution is 2.27. The van der Waals surface area contributed by atoms with Crippen LogP contribution in [0.3, 0.4) is 0 Å². The van der Waals surface area contributed by atoms with E-state index in [9.17, 15) is 4.79 Å². The van der Waals surface area contributed by atoms with E-state index in [0.717, 1.165) is 31.7 Å². The normalized spacial score (nSPS) is 29.9. The van der Waals surface area contributed by atoms with Gasteiger partial charge in [-0.2, -0.15) is 0 Å². The molecular formula is C16H30N6O+2. The van der Waals surface area contributed by atoms with E-state index in [1.54, 1.807) is 4.90 Å². The SMILES string of the molecule is C[NH2+]Cc1cn(C[C@H]2C[C@H]3CC[NH+]2C[C@@H]3C(=O)NC(C)C)nn1. The third-order valence-corrected chi connectivity index (χ3v) is 5.23. The van der Waals surface area contributed by atoms with Crippen molar-refractivity contribution in [3.63, 3.8) is 0 Å². The van der Waals surface area contributed by atoms with E-state index in [0.29, 0.717) is 12.0 Å². The first-order valence-electron chi connectivity index (χ1n) is 8.88. The zero-order valence-corrected chi connectivity index (χ0v) is 14.5. The Bertz CT molecular complexity index is 542. The van der Waals surface area contributed by atoms with Crippen LogP contribution in [0.15, 0.2) is 6.20 Å². The van der Waals surface area contributed by atoms with Crippen LogP contribution >= 0.6 is 0 Å². The Morgan fingerprint density at radius 3 is 3.04 bits per heavy atom. The van der Waals surface area contributed by atoms with E-state index in [2.05, 4.69) is 27.1 Å². The number of rotatable bonds is 6. The van der Waals surface area contributed by atoms with Crippen LogP contribution in [-0.2, 0) is 17.9 Å². The summed E-state index contributed by atoms with van der Waals surface area (Å²) in [6, 6.07) is 0.796. The first-order valence-corrected chi connectivity index (χ1v) is 8.88. The van der Waals surface area contributed by atoms with Crippen LogP contribution in [0, 0.1) is 11.8 Å². The van der Waals surface area contributed by atoms with Crippen molar-refractivity contribution in [3.05, 3.63) is 11.9 Å². The smallest absolute Gasteiger partial charge is 0.229 e. The number of piperidine rings is 3. The molecule has 2 bridgehead atoms. The van der Waals surface area contributed by atoms with Gasteiger partial charge in [-0.25, -0.2) is 4.68 Å². The second kappa shape index (κ2) is 6.97. The molecular weight excluding hydrogens is 292 g/mol. The third-order valence-electron chi connectivity index (χ3n) is 5.23. The summed E-state index contributed by atoms with van der Waals surface area (Å²) in [5.74, 6) is 0.976. The Morgan fingerprint density at radius 2 is 2.39 bits per heavy atom. The molecule has 3 aliphatic heterocycles. The maximum Gasteiger partial charge on any atom is 0.229 e. The minimum absolute atomic E-state index is 0.193. The molecule has 3 fully saturated rings. The van der Waals surface area contributed by atoms with E-state index in [1.807, 2.05) is 25.6 Å². The average Bonchev–Trinajstić information content (AvgIpc) is 2.95. The molecule has 0 radical (unpaired) electrons. The summed E-state index contributed by atoms with van der Waals surface area (Å²) in [6.45, 7) is 8.02. The van der Waals surface area contributed by atoms with E-state index >= 15 is 0 Å². The predicted molar refractivity (Wildman–Crippen MR) is 85.6 cm³/mol. The standard InChI is InChI=1S/C16H28N6O/c1-11(2)18-16(23)15-10-21-5-4-12(15)6-14(21)9-22-8-13(7-17-3)19-20-22/h8,11-12,14-15,17H,4-7,9-10H2,1-3H3,(H,18,23)/p+2/t12-,14-,15+/m1/s1. The Labute approximate surface area is 137 Å². The van der Waals surface area contributed by atoms with Crippen LogP contribution < -0.4 is 15.5 Å². The second-order valence-electron chi connectivity index (χ2n) is 7.41. The van der Waals surface area contributed by atoms with Gasteiger partial charge in [0, 0.05) is 18.9 Å². The monoisotopic (exact) mass is 322 g/mol. The van der Waals surface area contributed by atoms with Crippen LogP contribution in [0.1, 0.15) is 32.4 Å². The van der Waals surface area contributed by atoms with Gasteiger partial charge in [0.1, 0.15) is 18.3 Å². The van der Waals surface area contributed by atoms with Crippen LogP contribution in [0.5, 0.6) is 0 Å². The molecule has 1 aromatic rings. The fourth-order valence-electron chi connectivity index (χ4n) is 4.17. The van der Waals surface area contributed by atoms with Gasteiger partial charge in [0.25, 0.3) is 0 Å². The van der Waals surface area contributed by atoms with Crippen molar-refractivity contribution < 1.29 is 15.0 Å². The fourth-order valence-corrected chi connectivity index (χ4v) is 4.17. The van der Waals surface area contributed by atoms with Gasteiger partial charge in [0.15, 0.2) is 0 Å². The summed E-state index contributed by atoms with van der Waals surface area (Å²) in [5.41, 5.74) is 1.03. The van der Waals surface area contributed by atoms with Gasteiger partial charge in [-0.3, -0.25) is 4.79 Å². The zero-order valence-electron chi connectivity index (χ0n) is 14.5. The second-order valence-corrected chi connectivity index (χ2v) is 7.41. The van der Waals surface area contributed by atoms with Crippen molar-refractivity contribution in [1.29, 1.82) is 0 Å². The number of nitrogens with two attached hydrogens (primary N) is 1. The first kappa shape index (κ1) is 16.4. The number of carbonyl (C=O) groups is 1. The molecule has 7 heteroatoms. The minimum Gasteiger partial charge on any atom is -0.353 e. The Balaban J connectivity index is 1.59. The highest BCUT2D eigenvalue weighted by molar-refractivity contribution is 5.79. The third kappa shape index (κ3) is 3.72. The van der Waals surface area contributed by atoms with Crippen molar-refractivity contribution in [2.45, 2.75) is 51.9 Å². The molecule has 1 unspecified atom stereocenters. The lowest BCUT2D eigenvalue weighted by Crippen LogP contribution is -3.20. The van der Waals surface area contributed by atoms with Crippen LogP contribution in [-0.4, -0.2) is 53.1 Å². The Morgan fingerprint density at radius 1 is 1.57 bits per heavy atom. The van der Waals surface area contributed by atoms with Crippen molar-refractivity contribution in [2.75, 3.05) is 20.1 Å². The molecule has 1 amide bonds. The molecule has 23 heavy (non-hydrogen) atoms. The average molecular weight is 322 g/mol. The van der Waals surface area contributed by atoms with Crippen molar-refractivity contribution in [2.24, 2.45) is 11.8 Å². The zero-order chi connectivity index (χ0) is 16.4. The summed E-state index contributed by atoms with van der Waals surface area (Å²) in [6.07, 6.45) is 4.36. The molecule has 0 saturated carbocycles. The largest absolute Gasteiger partial charge is 0.353 e. The van der Waals surface area contributed by atoms with E-state index in [4.69, 9.17) is 0 Å². The summed E-state index contributed by atoms with van der Waals surface area (Å²) in [5, 5.41) is 13.7. The van der Waals surface area contributed by atoms with Gasteiger partial charge in [0.05, 0.1) is 38.8 Å². The number of quaternary nitrogens is 2. The topological polar surface area (TPSA) is 80.9 Å². The number of hydrogen-bond donors (Lipinski definition) is 3. The number of fused-ring (bicyclic) bond motifs is 3. The summed E-state index contributed by atoms with van der Waals surface area (Å²) < 4.78 is 1.99. The Kier molecular flexibility index (Phi) is 4.96. The number of hydrogen-bond acceptors (Lipinski definition) is 3. The van der Waals surface area contributed by atoms with Crippen molar-refractivity contribution in [1.82, 2.24) is 20.3 Å². The first-order chi connectivity index (χ1) is 11.1. The van der Waals surface area contributed by atoms with Crippen LogP contribution in [0.2, 0.25) is 0 Å². The van der Waals surface area contributed by atoms with Crippen molar-refractivity contribution >= 4 is 5.91 Å². The molecule has 4 N–H and O–H groups in total. The van der Waals surface area contributed by atoms with Gasteiger partial charge in [-0.1, -0.05) is 5.21 Å². The highest BCUT2D eigenvalue weighted by Gasteiger charge is 2.46. The molecule has 4 atom stereocenters. The lowest BCUT2D eigenvalue weighted by atomic mass is 9.75. The highest BCUT2D eigenvalue weighted by atomic mass is 16.2. The predicted octanol–water partition coefficient (Wildman–Crippen LogP) is -2.21. The summed E-state index contributed by atoms with van der Waals surface area (Å²) in [4.78, 5) is 13.9. The quantitative estimate of drug-likeness (QED) is 0.555.